The van der Waals surface area contributed by atoms with Crippen LogP contribution >= 0.6 is 0 Å². The maximum Gasteiger partial charge on any atom is 0.325 e. The summed E-state index contributed by atoms with van der Waals surface area (Å²) in [4.78, 5) is 38.3. The highest BCUT2D eigenvalue weighted by Crippen LogP contribution is 2.18. The van der Waals surface area contributed by atoms with Crippen LogP contribution in [-0.2, 0) is 4.79 Å². The van der Waals surface area contributed by atoms with Gasteiger partial charge in [0.2, 0.25) is 5.91 Å². The van der Waals surface area contributed by atoms with E-state index in [1.165, 1.54) is 13.2 Å². The van der Waals surface area contributed by atoms with Gasteiger partial charge in [-0.25, -0.2) is 4.79 Å². The van der Waals surface area contributed by atoms with Crippen LogP contribution in [0.15, 0.2) is 46.1 Å². The van der Waals surface area contributed by atoms with Gasteiger partial charge in [-0.2, -0.15) is 0 Å². The van der Waals surface area contributed by atoms with Crippen molar-refractivity contribution in [1.29, 1.82) is 0 Å². The van der Waals surface area contributed by atoms with Gasteiger partial charge in [-0.15, -0.1) is 0 Å². The summed E-state index contributed by atoms with van der Waals surface area (Å²) in [5, 5.41) is 2.36. The van der Waals surface area contributed by atoms with Gasteiger partial charge in [0.1, 0.15) is 11.4 Å². The molecule has 0 radical (unpaired) electrons. The van der Waals surface area contributed by atoms with Gasteiger partial charge >= 0.3 is 5.69 Å². The quantitative estimate of drug-likeness (QED) is 0.721. The molecule has 0 atom stereocenters. The van der Waals surface area contributed by atoms with Gasteiger partial charge < -0.3 is 15.0 Å². The third kappa shape index (κ3) is 3.69. The molecule has 0 saturated heterocycles. The lowest BCUT2D eigenvalue weighted by molar-refractivity contribution is -0.111. The van der Waals surface area contributed by atoms with Crippen LogP contribution in [0.1, 0.15) is 5.56 Å². The predicted molar refractivity (Wildman–Crippen MR) is 78.3 cm³/mol. The molecule has 3 N–H and O–H groups in total. The summed E-state index contributed by atoms with van der Waals surface area (Å²) in [6, 6.07) is 7.18. The number of hydrogen-bond acceptors (Lipinski definition) is 4. The molecule has 1 aromatic carbocycles. The van der Waals surface area contributed by atoms with E-state index in [1.54, 1.807) is 18.2 Å². The molecule has 0 fully saturated rings. The van der Waals surface area contributed by atoms with Gasteiger partial charge in [0.25, 0.3) is 5.56 Å². The molecule has 2 rings (SSSR count). The minimum absolute atomic E-state index is 0.0377. The smallest absolute Gasteiger partial charge is 0.325 e. The molecule has 0 aliphatic rings. The standard InChI is InChI=1S/C14H13N3O4/c1-21-11-5-3-2-4-9(11)6-7-12(18)16-10-8-15-14(20)17-13(10)19/h2-8H,1H3,(H,16,18)(H2,15,17,19,20)/b7-6+. The fraction of sp³-hybridized carbons (Fsp3) is 0.0714. The first kappa shape index (κ1) is 14.3. The number of hydrogen-bond donors (Lipinski definition) is 3. The molecule has 108 valence electrons. The second kappa shape index (κ2) is 6.38. The molecule has 0 unspecified atom stereocenters. The minimum atomic E-state index is -0.669. The van der Waals surface area contributed by atoms with E-state index in [0.717, 1.165) is 11.8 Å². The number of rotatable bonds is 4. The van der Waals surface area contributed by atoms with Crippen LogP contribution in [0, 0.1) is 0 Å². The third-order valence-electron chi connectivity index (χ3n) is 2.63. The number of nitrogens with one attached hydrogen (secondary N) is 3. The number of ether oxygens (including phenoxy) is 1. The topological polar surface area (TPSA) is 104 Å². The molecule has 7 heteroatoms. The average Bonchev–Trinajstić information content (AvgIpc) is 2.48. The van der Waals surface area contributed by atoms with Crippen molar-refractivity contribution in [2.24, 2.45) is 0 Å². The maximum absolute atomic E-state index is 11.7. The fourth-order valence-corrected chi connectivity index (χ4v) is 1.65. The Balaban J connectivity index is 2.13. The van der Waals surface area contributed by atoms with Crippen molar-refractivity contribution in [1.82, 2.24) is 9.97 Å². The third-order valence-corrected chi connectivity index (χ3v) is 2.63. The van der Waals surface area contributed by atoms with Crippen LogP contribution < -0.4 is 21.3 Å². The van der Waals surface area contributed by atoms with Gasteiger partial charge in [-0.05, 0) is 12.1 Å². The lowest BCUT2D eigenvalue weighted by Gasteiger charge is -2.03. The van der Waals surface area contributed by atoms with Gasteiger partial charge in [0.15, 0.2) is 0 Å². The van der Waals surface area contributed by atoms with E-state index < -0.39 is 17.2 Å². The molecule has 0 bridgehead atoms. The van der Waals surface area contributed by atoms with Crippen LogP contribution in [0.5, 0.6) is 5.75 Å². The van der Waals surface area contributed by atoms with Crippen LogP contribution in [0.3, 0.4) is 0 Å². The van der Waals surface area contributed by atoms with E-state index in [4.69, 9.17) is 4.74 Å². The first-order valence-corrected chi connectivity index (χ1v) is 6.04. The normalized spacial score (nSPS) is 10.5. The Bertz CT molecular complexity index is 789. The molecule has 0 spiro atoms. The molecule has 1 amide bonds. The summed E-state index contributed by atoms with van der Waals surface area (Å²) in [7, 11) is 1.53. The summed E-state index contributed by atoms with van der Waals surface area (Å²) in [6.45, 7) is 0. The van der Waals surface area contributed by atoms with Gasteiger partial charge in [0, 0.05) is 17.8 Å². The number of amides is 1. The number of aromatic nitrogens is 2. The number of carbonyl (C=O) groups excluding carboxylic acids is 1. The lowest BCUT2D eigenvalue weighted by atomic mass is 10.2. The summed E-state index contributed by atoms with van der Waals surface area (Å²) in [5.41, 5.74) is -0.616. The largest absolute Gasteiger partial charge is 0.496 e. The highest BCUT2D eigenvalue weighted by molar-refractivity contribution is 6.01. The number of carbonyl (C=O) groups is 1. The van der Waals surface area contributed by atoms with Crippen molar-refractivity contribution >= 4 is 17.7 Å². The Hall–Kier alpha value is -3.09. The summed E-state index contributed by atoms with van der Waals surface area (Å²) in [5.74, 6) is 0.127. The van der Waals surface area contributed by atoms with Crippen LogP contribution in [0.2, 0.25) is 0 Å². The van der Waals surface area contributed by atoms with Crippen molar-refractivity contribution in [3.05, 3.63) is 62.9 Å². The average molecular weight is 287 g/mol. The Morgan fingerprint density at radius 3 is 2.76 bits per heavy atom. The highest BCUT2D eigenvalue weighted by atomic mass is 16.5. The zero-order chi connectivity index (χ0) is 15.2. The molecule has 0 aliphatic carbocycles. The molecule has 1 aromatic heterocycles. The molecule has 1 heterocycles. The summed E-state index contributed by atoms with van der Waals surface area (Å²) < 4.78 is 5.15. The van der Waals surface area contributed by atoms with Gasteiger partial charge in [-0.3, -0.25) is 14.6 Å². The monoisotopic (exact) mass is 287 g/mol. The summed E-state index contributed by atoms with van der Waals surface area (Å²) >= 11 is 0. The van der Waals surface area contributed by atoms with Crippen molar-refractivity contribution in [3.8, 4) is 5.75 Å². The lowest BCUT2D eigenvalue weighted by Crippen LogP contribution is -2.25. The zero-order valence-corrected chi connectivity index (χ0v) is 11.2. The first-order valence-electron chi connectivity index (χ1n) is 6.04. The molecule has 0 saturated carbocycles. The van der Waals surface area contributed by atoms with Crippen molar-refractivity contribution in [2.45, 2.75) is 0 Å². The molecule has 2 aromatic rings. The van der Waals surface area contributed by atoms with E-state index in [9.17, 15) is 14.4 Å². The predicted octanol–water partition coefficient (Wildman–Crippen LogP) is 0.724. The maximum atomic E-state index is 11.7. The second-order valence-corrected chi connectivity index (χ2v) is 4.05. The molecule has 7 nitrogen and oxygen atoms in total. The van der Waals surface area contributed by atoms with E-state index in [-0.39, 0.29) is 5.69 Å². The Labute approximate surface area is 119 Å². The number of methoxy groups -OCH3 is 1. The summed E-state index contributed by atoms with van der Waals surface area (Å²) in [6.07, 6.45) is 3.96. The fourth-order valence-electron chi connectivity index (χ4n) is 1.65. The van der Waals surface area contributed by atoms with E-state index >= 15 is 0 Å². The van der Waals surface area contributed by atoms with E-state index in [0.29, 0.717) is 5.75 Å². The van der Waals surface area contributed by atoms with E-state index in [2.05, 4.69) is 10.3 Å². The minimum Gasteiger partial charge on any atom is -0.496 e. The highest BCUT2D eigenvalue weighted by Gasteiger charge is 2.04. The van der Waals surface area contributed by atoms with Crippen LogP contribution in [0.25, 0.3) is 6.08 Å². The molecular formula is C14H13N3O4. The number of para-hydroxylation sites is 1. The van der Waals surface area contributed by atoms with Crippen molar-refractivity contribution in [3.63, 3.8) is 0 Å². The van der Waals surface area contributed by atoms with E-state index in [1.807, 2.05) is 17.1 Å². The molecular weight excluding hydrogens is 274 g/mol. The Morgan fingerprint density at radius 2 is 2.05 bits per heavy atom. The number of benzene rings is 1. The number of anilines is 1. The number of H-pyrrole nitrogens is 2. The Morgan fingerprint density at radius 1 is 1.29 bits per heavy atom. The Kier molecular flexibility index (Phi) is 4.35. The zero-order valence-electron chi connectivity index (χ0n) is 11.2. The molecule has 21 heavy (non-hydrogen) atoms. The number of aromatic amines is 2. The van der Waals surface area contributed by atoms with Crippen LogP contribution in [-0.4, -0.2) is 23.0 Å². The van der Waals surface area contributed by atoms with Crippen molar-refractivity contribution < 1.29 is 9.53 Å². The van der Waals surface area contributed by atoms with Gasteiger partial charge in [0.05, 0.1) is 7.11 Å². The van der Waals surface area contributed by atoms with Crippen LogP contribution in [0.4, 0.5) is 5.69 Å². The van der Waals surface area contributed by atoms with Crippen molar-refractivity contribution in [2.75, 3.05) is 12.4 Å². The first-order chi connectivity index (χ1) is 10.1. The SMILES string of the molecule is COc1ccccc1/C=C/C(=O)Nc1c[nH]c(=O)[nH]c1=O. The van der Waals surface area contributed by atoms with Gasteiger partial charge in [-0.1, -0.05) is 18.2 Å². The molecule has 0 aliphatic heterocycles. The second-order valence-electron chi connectivity index (χ2n) is 4.05.